The Morgan fingerprint density at radius 1 is 1.25 bits per heavy atom. The highest BCUT2D eigenvalue weighted by atomic mass is 16.5. The van der Waals surface area contributed by atoms with Crippen LogP contribution in [0, 0.1) is 5.92 Å². The number of rotatable bonds is 7. The number of ether oxygens (including phenoxy) is 1. The van der Waals surface area contributed by atoms with Crippen LogP contribution in [-0.2, 0) is 19.9 Å². The summed E-state index contributed by atoms with van der Waals surface area (Å²) in [5, 5.41) is 4.20. The van der Waals surface area contributed by atoms with Crippen molar-refractivity contribution < 1.29 is 4.74 Å². The quantitative estimate of drug-likeness (QED) is 0.841. The summed E-state index contributed by atoms with van der Waals surface area (Å²) in [6, 6.07) is 8.24. The molecule has 1 unspecified atom stereocenters. The molecule has 1 aromatic heterocycles. The molecule has 0 spiro atoms. The maximum absolute atomic E-state index is 5.90. The van der Waals surface area contributed by atoms with Crippen molar-refractivity contribution in [2.24, 2.45) is 18.7 Å². The van der Waals surface area contributed by atoms with Gasteiger partial charge in [0.2, 0.25) is 0 Å². The number of methoxy groups -OCH3 is 1. The average molecular weight is 273 g/mol. The Morgan fingerprint density at radius 2 is 2.00 bits per heavy atom. The first-order valence-corrected chi connectivity index (χ1v) is 7.01. The molecule has 0 radical (unpaired) electrons. The number of nitrogens with zero attached hydrogens (tertiary/aromatic N) is 2. The fraction of sp³-hybridized carbons (Fsp3) is 0.438. The van der Waals surface area contributed by atoms with Gasteiger partial charge in [-0.25, -0.2) is 0 Å². The molecule has 0 aliphatic rings. The molecule has 1 aromatic carbocycles. The fourth-order valence-corrected chi connectivity index (χ4v) is 2.37. The van der Waals surface area contributed by atoms with E-state index >= 15 is 0 Å². The molecule has 2 rings (SSSR count). The van der Waals surface area contributed by atoms with E-state index in [0.29, 0.717) is 12.5 Å². The second-order valence-electron chi connectivity index (χ2n) is 5.21. The molecule has 1 atom stereocenters. The van der Waals surface area contributed by atoms with Crippen molar-refractivity contribution in [2.45, 2.75) is 19.3 Å². The summed E-state index contributed by atoms with van der Waals surface area (Å²) < 4.78 is 7.02. The average Bonchev–Trinajstić information content (AvgIpc) is 2.89. The van der Waals surface area contributed by atoms with Gasteiger partial charge < -0.3 is 10.5 Å². The molecule has 0 amide bonds. The van der Waals surface area contributed by atoms with Crippen molar-refractivity contribution >= 4 is 0 Å². The van der Waals surface area contributed by atoms with Crippen molar-refractivity contribution in [1.29, 1.82) is 0 Å². The van der Waals surface area contributed by atoms with Crippen LogP contribution in [0.3, 0.4) is 0 Å². The highest BCUT2D eigenvalue weighted by Crippen LogP contribution is 2.17. The van der Waals surface area contributed by atoms with Gasteiger partial charge in [0.15, 0.2) is 0 Å². The van der Waals surface area contributed by atoms with Crippen molar-refractivity contribution in [3.63, 3.8) is 0 Å². The first-order valence-electron chi connectivity index (χ1n) is 7.01. The zero-order valence-electron chi connectivity index (χ0n) is 12.2. The molecule has 2 N–H and O–H groups in total. The Balaban J connectivity index is 1.87. The van der Waals surface area contributed by atoms with Crippen molar-refractivity contribution in [1.82, 2.24) is 9.78 Å². The second kappa shape index (κ2) is 7.10. The normalized spacial score (nSPS) is 12.3. The van der Waals surface area contributed by atoms with Crippen LogP contribution in [0.4, 0.5) is 0 Å². The lowest BCUT2D eigenvalue weighted by atomic mass is 9.93. The van der Waals surface area contributed by atoms with E-state index in [2.05, 4.69) is 23.4 Å². The smallest absolute Gasteiger partial charge is 0.118 e. The first-order chi connectivity index (χ1) is 9.71. The number of benzene rings is 1. The maximum Gasteiger partial charge on any atom is 0.118 e. The Kier molecular flexibility index (Phi) is 5.18. The second-order valence-corrected chi connectivity index (χ2v) is 5.21. The van der Waals surface area contributed by atoms with Gasteiger partial charge in [0.05, 0.1) is 13.3 Å². The molecule has 0 fully saturated rings. The highest BCUT2D eigenvalue weighted by Gasteiger charge is 2.09. The van der Waals surface area contributed by atoms with Gasteiger partial charge >= 0.3 is 0 Å². The van der Waals surface area contributed by atoms with E-state index in [1.807, 2.05) is 30.1 Å². The molecule has 0 aliphatic heterocycles. The summed E-state index contributed by atoms with van der Waals surface area (Å²) >= 11 is 0. The molecular formula is C16H23N3O. The summed E-state index contributed by atoms with van der Waals surface area (Å²) in [5.41, 5.74) is 8.49. The molecule has 0 saturated heterocycles. The van der Waals surface area contributed by atoms with E-state index in [0.717, 1.165) is 25.0 Å². The Hall–Kier alpha value is -1.81. The molecular weight excluding hydrogens is 250 g/mol. The van der Waals surface area contributed by atoms with Crippen LogP contribution in [-0.4, -0.2) is 23.4 Å². The van der Waals surface area contributed by atoms with Gasteiger partial charge in [-0.15, -0.1) is 0 Å². The Bertz CT molecular complexity index is 519. The van der Waals surface area contributed by atoms with Crippen molar-refractivity contribution in [3.8, 4) is 5.75 Å². The van der Waals surface area contributed by atoms with Gasteiger partial charge in [0.1, 0.15) is 5.75 Å². The predicted octanol–water partition coefficient (Wildman–Crippen LogP) is 2.18. The molecule has 0 aliphatic carbocycles. The van der Waals surface area contributed by atoms with Gasteiger partial charge in [-0.05, 0) is 55.0 Å². The molecule has 20 heavy (non-hydrogen) atoms. The topological polar surface area (TPSA) is 53.1 Å². The van der Waals surface area contributed by atoms with Crippen LogP contribution in [0.2, 0.25) is 0 Å². The van der Waals surface area contributed by atoms with E-state index < -0.39 is 0 Å². The van der Waals surface area contributed by atoms with Gasteiger partial charge in [-0.2, -0.15) is 5.10 Å². The maximum atomic E-state index is 5.90. The van der Waals surface area contributed by atoms with Crippen LogP contribution < -0.4 is 10.5 Å². The molecule has 4 heteroatoms. The monoisotopic (exact) mass is 273 g/mol. The standard InChI is InChI=1S/C16H23N3O/c1-19-12-15(11-18-19)4-3-14(10-17)9-13-5-7-16(20-2)8-6-13/h5-8,11-12,14H,3-4,9-10,17H2,1-2H3. The van der Waals surface area contributed by atoms with E-state index in [9.17, 15) is 0 Å². The van der Waals surface area contributed by atoms with Crippen LogP contribution in [0.15, 0.2) is 36.7 Å². The zero-order valence-corrected chi connectivity index (χ0v) is 12.2. The number of hydrogen-bond acceptors (Lipinski definition) is 3. The minimum atomic E-state index is 0.503. The van der Waals surface area contributed by atoms with E-state index in [4.69, 9.17) is 10.5 Å². The Morgan fingerprint density at radius 3 is 2.55 bits per heavy atom. The molecule has 0 bridgehead atoms. The minimum absolute atomic E-state index is 0.503. The Labute approximate surface area is 120 Å². The lowest BCUT2D eigenvalue weighted by Gasteiger charge is -2.14. The van der Waals surface area contributed by atoms with Crippen LogP contribution in [0.1, 0.15) is 17.5 Å². The number of nitrogens with two attached hydrogens (primary N) is 1. The zero-order chi connectivity index (χ0) is 14.4. The van der Waals surface area contributed by atoms with Gasteiger partial charge in [-0.3, -0.25) is 4.68 Å². The summed E-state index contributed by atoms with van der Waals surface area (Å²) in [7, 11) is 3.63. The third-order valence-electron chi connectivity index (χ3n) is 3.62. The summed E-state index contributed by atoms with van der Waals surface area (Å²) in [4.78, 5) is 0. The molecule has 0 saturated carbocycles. The first kappa shape index (κ1) is 14.6. The molecule has 1 heterocycles. The largest absolute Gasteiger partial charge is 0.497 e. The fourth-order valence-electron chi connectivity index (χ4n) is 2.37. The summed E-state index contributed by atoms with van der Waals surface area (Å²) in [6.07, 6.45) is 7.14. The number of aryl methyl sites for hydroxylation is 2. The van der Waals surface area contributed by atoms with E-state index in [-0.39, 0.29) is 0 Å². The third kappa shape index (κ3) is 4.10. The lowest BCUT2D eigenvalue weighted by Crippen LogP contribution is -2.17. The lowest BCUT2D eigenvalue weighted by molar-refractivity contribution is 0.414. The minimum Gasteiger partial charge on any atom is -0.497 e. The van der Waals surface area contributed by atoms with E-state index in [1.54, 1.807) is 7.11 Å². The molecule has 2 aromatic rings. The van der Waals surface area contributed by atoms with E-state index in [1.165, 1.54) is 11.1 Å². The third-order valence-corrected chi connectivity index (χ3v) is 3.62. The SMILES string of the molecule is COc1ccc(CC(CN)CCc2cnn(C)c2)cc1. The number of aromatic nitrogens is 2. The van der Waals surface area contributed by atoms with Crippen LogP contribution >= 0.6 is 0 Å². The summed E-state index contributed by atoms with van der Waals surface area (Å²) in [5.74, 6) is 1.40. The van der Waals surface area contributed by atoms with Crippen molar-refractivity contribution in [3.05, 3.63) is 47.8 Å². The molecule has 4 nitrogen and oxygen atoms in total. The van der Waals surface area contributed by atoms with Crippen LogP contribution in [0.5, 0.6) is 5.75 Å². The molecule has 108 valence electrons. The van der Waals surface area contributed by atoms with Crippen molar-refractivity contribution in [2.75, 3.05) is 13.7 Å². The summed E-state index contributed by atoms with van der Waals surface area (Å²) in [6.45, 7) is 0.715. The highest BCUT2D eigenvalue weighted by molar-refractivity contribution is 5.27. The van der Waals surface area contributed by atoms with Gasteiger partial charge in [0.25, 0.3) is 0 Å². The van der Waals surface area contributed by atoms with Crippen LogP contribution in [0.25, 0.3) is 0 Å². The van der Waals surface area contributed by atoms with Gasteiger partial charge in [-0.1, -0.05) is 12.1 Å². The predicted molar refractivity (Wildman–Crippen MR) is 80.8 cm³/mol. The van der Waals surface area contributed by atoms with Gasteiger partial charge in [0, 0.05) is 13.2 Å². The number of hydrogen-bond donors (Lipinski definition) is 1.